The maximum absolute atomic E-state index is 13.9. The molecule has 0 atom stereocenters. The van der Waals surface area contributed by atoms with Gasteiger partial charge in [-0.05, 0) is 12.5 Å². The second-order valence-corrected chi connectivity index (χ2v) is 7.71. The Kier molecular flexibility index (Phi) is 5.94. The Morgan fingerprint density at radius 3 is 1.60 bits per heavy atom. The SMILES string of the molecule is CCO[Si](OC)(OC)c1ccc(-c2c(F)c(F)c(F)c(F)c2F)cc1. The number of benzene rings is 2. The van der Waals surface area contributed by atoms with Crippen molar-refractivity contribution in [3.8, 4) is 11.1 Å². The highest BCUT2D eigenvalue weighted by Crippen LogP contribution is 2.31. The van der Waals surface area contributed by atoms with Gasteiger partial charge in [-0.3, -0.25) is 0 Å². The average molecular weight is 378 g/mol. The average Bonchev–Trinajstić information content (AvgIpc) is 2.64. The molecule has 2 aromatic carbocycles. The predicted octanol–water partition coefficient (Wildman–Crippen LogP) is 3.52. The fourth-order valence-electron chi connectivity index (χ4n) is 2.41. The van der Waals surface area contributed by atoms with Crippen LogP contribution in [0.2, 0.25) is 0 Å². The van der Waals surface area contributed by atoms with Crippen molar-refractivity contribution in [1.29, 1.82) is 0 Å². The summed E-state index contributed by atoms with van der Waals surface area (Å²) >= 11 is 0. The zero-order valence-corrected chi connectivity index (χ0v) is 14.6. The molecule has 0 radical (unpaired) electrons. The van der Waals surface area contributed by atoms with E-state index in [9.17, 15) is 22.0 Å². The normalized spacial score (nSPS) is 11.8. The fraction of sp³-hybridized carbons (Fsp3) is 0.250. The first-order chi connectivity index (χ1) is 11.8. The van der Waals surface area contributed by atoms with Gasteiger partial charge in [0.25, 0.3) is 0 Å². The molecule has 0 N–H and O–H groups in total. The van der Waals surface area contributed by atoms with Crippen LogP contribution >= 0.6 is 0 Å². The van der Waals surface area contributed by atoms with Gasteiger partial charge in [-0.1, -0.05) is 24.3 Å². The van der Waals surface area contributed by atoms with Gasteiger partial charge in [0, 0.05) is 26.0 Å². The van der Waals surface area contributed by atoms with Gasteiger partial charge in [-0.2, -0.15) is 0 Å². The summed E-state index contributed by atoms with van der Waals surface area (Å²) in [7, 11) is -0.413. The molecule has 25 heavy (non-hydrogen) atoms. The number of hydrogen-bond acceptors (Lipinski definition) is 3. The third-order valence-electron chi connectivity index (χ3n) is 3.61. The van der Waals surface area contributed by atoms with Gasteiger partial charge >= 0.3 is 8.80 Å². The molecule has 3 nitrogen and oxygen atoms in total. The van der Waals surface area contributed by atoms with Crippen LogP contribution in [0.4, 0.5) is 22.0 Å². The van der Waals surface area contributed by atoms with Crippen LogP contribution in [0.1, 0.15) is 6.92 Å². The molecule has 0 heterocycles. The van der Waals surface area contributed by atoms with E-state index < -0.39 is 43.5 Å². The van der Waals surface area contributed by atoms with Crippen molar-refractivity contribution in [3.05, 3.63) is 53.4 Å². The van der Waals surface area contributed by atoms with E-state index in [2.05, 4.69) is 0 Å². The molecule has 2 aromatic rings. The number of halogens is 5. The van der Waals surface area contributed by atoms with Crippen molar-refractivity contribution in [2.75, 3.05) is 20.8 Å². The van der Waals surface area contributed by atoms with E-state index in [-0.39, 0.29) is 5.56 Å². The minimum absolute atomic E-state index is 0.178. The van der Waals surface area contributed by atoms with E-state index in [0.717, 1.165) is 0 Å². The first-order valence-electron chi connectivity index (χ1n) is 7.19. The predicted molar refractivity (Wildman–Crippen MR) is 82.7 cm³/mol. The van der Waals surface area contributed by atoms with Crippen LogP contribution in [0, 0.1) is 29.1 Å². The molecule has 0 saturated carbocycles. The lowest BCUT2D eigenvalue weighted by molar-refractivity contribution is 0.120. The molecule has 0 aliphatic carbocycles. The molecular weight excluding hydrogens is 363 g/mol. The Labute approximate surface area is 142 Å². The van der Waals surface area contributed by atoms with Gasteiger partial charge in [-0.15, -0.1) is 0 Å². The van der Waals surface area contributed by atoms with Crippen molar-refractivity contribution in [3.63, 3.8) is 0 Å². The molecule has 0 saturated heterocycles. The summed E-state index contributed by atoms with van der Waals surface area (Å²) in [4.78, 5) is 0. The lowest BCUT2D eigenvalue weighted by atomic mass is 10.0. The monoisotopic (exact) mass is 378 g/mol. The van der Waals surface area contributed by atoms with E-state index >= 15 is 0 Å². The second kappa shape index (κ2) is 7.61. The van der Waals surface area contributed by atoms with Crippen LogP contribution in [0.5, 0.6) is 0 Å². The number of rotatable bonds is 6. The molecular formula is C16H15F5O3Si. The summed E-state index contributed by atoms with van der Waals surface area (Å²) in [5, 5.41) is 0.479. The van der Waals surface area contributed by atoms with E-state index in [0.29, 0.717) is 11.8 Å². The van der Waals surface area contributed by atoms with Gasteiger partial charge in [-0.25, -0.2) is 22.0 Å². The highest BCUT2D eigenvalue weighted by molar-refractivity contribution is 6.75. The topological polar surface area (TPSA) is 27.7 Å². The first-order valence-corrected chi connectivity index (χ1v) is 8.92. The molecule has 0 bridgehead atoms. The molecule has 2 rings (SSSR count). The minimum Gasteiger partial charge on any atom is -0.373 e. The largest absolute Gasteiger partial charge is 0.536 e. The van der Waals surface area contributed by atoms with E-state index in [1.165, 1.54) is 38.5 Å². The highest BCUT2D eigenvalue weighted by atomic mass is 28.4. The van der Waals surface area contributed by atoms with Crippen LogP contribution in [0.3, 0.4) is 0 Å². The standard InChI is InChI=1S/C16H15F5O3Si/c1-4-24-25(22-2,23-3)10-7-5-9(6-8-10)11-12(17)14(19)16(21)15(20)13(11)18/h5-8H,4H2,1-3H3. The Morgan fingerprint density at radius 2 is 1.20 bits per heavy atom. The lowest BCUT2D eigenvalue weighted by Crippen LogP contribution is -2.55. The van der Waals surface area contributed by atoms with Crippen molar-refractivity contribution >= 4 is 14.0 Å². The molecule has 0 spiro atoms. The van der Waals surface area contributed by atoms with Crippen molar-refractivity contribution in [1.82, 2.24) is 0 Å². The van der Waals surface area contributed by atoms with Crippen LogP contribution in [0.15, 0.2) is 24.3 Å². The molecule has 0 amide bonds. The Morgan fingerprint density at radius 1 is 0.760 bits per heavy atom. The fourth-order valence-corrected chi connectivity index (χ4v) is 4.41. The summed E-state index contributed by atoms with van der Waals surface area (Å²) in [6, 6.07) is 5.24. The summed E-state index contributed by atoms with van der Waals surface area (Å²) in [5.74, 6) is -9.97. The summed E-state index contributed by atoms with van der Waals surface area (Å²) in [6.07, 6.45) is 0. The molecule has 0 aliphatic rings. The smallest absolute Gasteiger partial charge is 0.373 e. The van der Waals surface area contributed by atoms with Crippen LogP contribution in [-0.2, 0) is 13.3 Å². The van der Waals surface area contributed by atoms with E-state index in [1.54, 1.807) is 6.92 Å². The van der Waals surface area contributed by atoms with Crippen LogP contribution in [0.25, 0.3) is 11.1 Å². The molecule has 0 aliphatic heterocycles. The Hall–Kier alpha value is -1.81. The van der Waals surface area contributed by atoms with Crippen molar-refractivity contribution in [2.45, 2.75) is 6.92 Å². The molecule has 0 fully saturated rings. The Bertz CT molecular complexity index is 734. The number of hydrogen-bond donors (Lipinski definition) is 0. The lowest BCUT2D eigenvalue weighted by Gasteiger charge is -2.26. The third kappa shape index (κ3) is 3.32. The van der Waals surface area contributed by atoms with Gasteiger partial charge in [0.1, 0.15) is 0 Å². The molecule has 0 aromatic heterocycles. The van der Waals surface area contributed by atoms with Gasteiger partial charge in [0.2, 0.25) is 5.82 Å². The van der Waals surface area contributed by atoms with Crippen LogP contribution < -0.4 is 5.19 Å². The van der Waals surface area contributed by atoms with Crippen molar-refractivity contribution < 1.29 is 35.2 Å². The summed E-state index contributed by atoms with van der Waals surface area (Å²) < 4.78 is 83.8. The Balaban J connectivity index is 2.55. The zero-order valence-electron chi connectivity index (χ0n) is 13.6. The first kappa shape index (κ1) is 19.5. The van der Waals surface area contributed by atoms with Gasteiger partial charge < -0.3 is 13.3 Å². The van der Waals surface area contributed by atoms with Gasteiger partial charge in [0.05, 0.1) is 5.56 Å². The maximum atomic E-state index is 13.9. The zero-order chi connectivity index (χ0) is 18.8. The minimum atomic E-state index is -3.20. The van der Waals surface area contributed by atoms with Crippen molar-refractivity contribution in [2.24, 2.45) is 0 Å². The summed E-state index contributed by atoms with van der Waals surface area (Å²) in [6.45, 7) is 2.04. The van der Waals surface area contributed by atoms with E-state index in [4.69, 9.17) is 13.3 Å². The van der Waals surface area contributed by atoms with E-state index in [1.807, 2.05) is 0 Å². The van der Waals surface area contributed by atoms with Gasteiger partial charge in [0.15, 0.2) is 23.3 Å². The molecule has 9 heteroatoms. The third-order valence-corrected chi connectivity index (χ3v) is 6.39. The quantitative estimate of drug-likeness (QED) is 0.333. The molecule has 136 valence electrons. The highest BCUT2D eigenvalue weighted by Gasteiger charge is 2.41. The second-order valence-electron chi connectivity index (χ2n) is 4.92. The maximum Gasteiger partial charge on any atom is 0.536 e. The summed E-state index contributed by atoms with van der Waals surface area (Å²) in [5.41, 5.74) is -1.18. The molecule has 0 unspecified atom stereocenters. The van der Waals surface area contributed by atoms with Crippen LogP contribution in [-0.4, -0.2) is 29.6 Å².